The van der Waals surface area contributed by atoms with E-state index in [0.29, 0.717) is 5.92 Å². The number of nitrogens with zero attached hydrogens (tertiary/aromatic N) is 1. The van der Waals surface area contributed by atoms with Crippen molar-refractivity contribution in [2.45, 2.75) is 11.3 Å². The molecule has 4 heteroatoms. The van der Waals surface area contributed by atoms with Crippen LogP contribution in [0.15, 0.2) is 29.2 Å². The number of benzene rings is 1. The van der Waals surface area contributed by atoms with Crippen LogP contribution in [-0.2, 0) is 0 Å². The van der Waals surface area contributed by atoms with Gasteiger partial charge in [0.1, 0.15) is 0 Å². The van der Waals surface area contributed by atoms with Crippen LogP contribution < -0.4 is 5.32 Å². The largest absolute Gasteiger partial charge is 0.338 e. The number of hydrogen-bond acceptors (Lipinski definition) is 3. The van der Waals surface area contributed by atoms with Crippen molar-refractivity contribution in [2.24, 2.45) is 11.8 Å². The van der Waals surface area contributed by atoms with Crippen molar-refractivity contribution in [1.29, 1.82) is 0 Å². The summed E-state index contributed by atoms with van der Waals surface area (Å²) in [5, 5.41) is 3.44. The second kappa shape index (κ2) is 5.55. The number of rotatable bonds is 2. The fourth-order valence-corrected chi connectivity index (χ4v) is 3.54. The smallest absolute Gasteiger partial charge is 0.253 e. The van der Waals surface area contributed by atoms with Gasteiger partial charge in [0, 0.05) is 23.5 Å². The molecule has 0 saturated carbocycles. The number of nitrogens with one attached hydrogen (secondary N) is 1. The second-order valence-electron chi connectivity index (χ2n) is 5.45. The Hall–Kier alpha value is -1.00. The third kappa shape index (κ3) is 2.65. The van der Waals surface area contributed by atoms with Crippen molar-refractivity contribution in [3.63, 3.8) is 0 Å². The number of amides is 1. The van der Waals surface area contributed by atoms with Crippen molar-refractivity contribution in [3.8, 4) is 0 Å². The van der Waals surface area contributed by atoms with Gasteiger partial charge in [-0.05, 0) is 61.9 Å². The molecule has 1 aromatic carbocycles. The zero-order chi connectivity index (χ0) is 13.2. The number of likely N-dealkylation sites (tertiary alicyclic amines) is 1. The van der Waals surface area contributed by atoms with Crippen molar-refractivity contribution >= 4 is 17.7 Å². The van der Waals surface area contributed by atoms with Crippen LogP contribution in [0.1, 0.15) is 16.8 Å². The Balaban J connectivity index is 1.69. The summed E-state index contributed by atoms with van der Waals surface area (Å²) >= 11 is 1.70. The SMILES string of the molecule is CSc1ccc(C(=O)N2CCC3CNCC3C2)cc1. The van der Waals surface area contributed by atoms with E-state index < -0.39 is 0 Å². The lowest BCUT2D eigenvalue weighted by atomic mass is 9.88. The zero-order valence-corrected chi connectivity index (χ0v) is 12.1. The third-order valence-corrected chi connectivity index (χ3v) is 5.07. The summed E-state index contributed by atoms with van der Waals surface area (Å²) < 4.78 is 0. The first-order chi connectivity index (χ1) is 9.28. The van der Waals surface area contributed by atoms with Crippen molar-refractivity contribution in [1.82, 2.24) is 10.2 Å². The molecule has 1 aromatic rings. The zero-order valence-electron chi connectivity index (χ0n) is 11.3. The molecule has 19 heavy (non-hydrogen) atoms. The average Bonchev–Trinajstić information content (AvgIpc) is 2.94. The highest BCUT2D eigenvalue weighted by Gasteiger charge is 2.34. The van der Waals surface area contributed by atoms with Crippen LogP contribution in [0, 0.1) is 11.8 Å². The van der Waals surface area contributed by atoms with Crippen LogP contribution in [0.3, 0.4) is 0 Å². The lowest BCUT2D eigenvalue weighted by molar-refractivity contribution is 0.0642. The second-order valence-corrected chi connectivity index (χ2v) is 6.33. The Bertz CT molecular complexity index is 460. The lowest BCUT2D eigenvalue weighted by Crippen LogP contribution is -2.43. The van der Waals surface area contributed by atoms with Crippen LogP contribution in [0.4, 0.5) is 0 Å². The first-order valence-electron chi connectivity index (χ1n) is 6.92. The average molecular weight is 276 g/mol. The summed E-state index contributed by atoms with van der Waals surface area (Å²) in [7, 11) is 0. The van der Waals surface area contributed by atoms with Crippen LogP contribution in [-0.4, -0.2) is 43.2 Å². The summed E-state index contributed by atoms with van der Waals surface area (Å²) in [4.78, 5) is 15.7. The molecule has 2 atom stereocenters. The maximum atomic E-state index is 12.5. The van der Waals surface area contributed by atoms with Gasteiger partial charge in [0.05, 0.1) is 0 Å². The lowest BCUT2D eigenvalue weighted by Gasteiger charge is -2.34. The van der Waals surface area contributed by atoms with Crippen LogP contribution in [0.2, 0.25) is 0 Å². The Labute approximate surface area is 118 Å². The molecule has 0 aromatic heterocycles. The Kier molecular flexibility index (Phi) is 3.80. The Morgan fingerprint density at radius 3 is 2.74 bits per heavy atom. The third-order valence-electron chi connectivity index (χ3n) is 4.33. The van der Waals surface area contributed by atoms with E-state index in [9.17, 15) is 4.79 Å². The predicted molar refractivity (Wildman–Crippen MR) is 78.6 cm³/mol. The molecule has 2 fully saturated rings. The number of hydrogen-bond donors (Lipinski definition) is 1. The van der Waals surface area contributed by atoms with Crippen molar-refractivity contribution in [3.05, 3.63) is 29.8 Å². The maximum Gasteiger partial charge on any atom is 0.253 e. The molecule has 2 aliphatic heterocycles. The standard InChI is InChI=1S/C15H20N2OS/c1-19-14-4-2-11(3-5-14)15(18)17-7-6-12-8-16-9-13(12)10-17/h2-5,12-13,16H,6-10H2,1H3. The summed E-state index contributed by atoms with van der Waals surface area (Å²) in [6.45, 7) is 4.03. The maximum absolute atomic E-state index is 12.5. The van der Waals surface area contributed by atoms with Gasteiger partial charge in [-0.1, -0.05) is 0 Å². The number of thioether (sulfide) groups is 1. The van der Waals surface area contributed by atoms with E-state index in [-0.39, 0.29) is 5.91 Å². The van der Waals surface area contributed by atoms with E-state index in [0.717, 1.165) is 44.1 Å². The fraction of sp³-hybridized carbons (Fsp3) is 0.533. The minimum atomic E-state index is 0.193. The number of piperidine rings is 1. The quantitative estimate of drug-likeness (QED) is 0.840. The molecule has 2 saturated heterocycles. The van der Waals surface area contributed by atoms with Gasteiger partial charge in [0.15, 0.2) is 0 Å². The van der Waals surface area contributed by atoms with Gasteiger partial charge >= 0.3 is 0 Å². The topological polar surface area (TPSA) is 32.3 Å². The predicted octanol–water partition coefficient (Wildman–Crippen LogP) is 2.09. The molecule has 3 nitrogen and oxygen atoms in total. The minimum Gasteiger partial charge on any atom is -0.338 e. The molecule has 0 aliphatic carbocycles. The molecule has 0 spiro atoms. The molecule has 1 amide bonds. The van der Waals surface area contributed by atoms with Crippen LogP contribution >= 0.6 is 11.8 Å². The van der Waals surface area contributed by atoms with E-state index in [1.807, 2.05) is 29.2 Å². The molecule has 1 N–H and O–H groups in total. The number of carbonyl (C=O) groups is 1. The molecule has 0 radical (unpaired) electrons. The molecule has 0 bridgehead atoms. The normalized spacial score (nSPS) is 26.3. The Morgan fingerprint density at radius 1 is 1.26 bits per heavy atom. The van der Waals surface area contributed by atoms with E-state index in [2.05, 4.69) is 11.6 Å². The van der Waals surface area contributed by atoms with Crippen LogP contribution in [0.5, 0.6) is 0 Å². The van der Waals surface area contributed by atoms with Gasteiger partial charge in [-0.3, -0.25) is 4.79 Å². The summed E-state index contributed by atoms with van der Waals surface area (Å²) in [5.74, 6) is 1.63. The van der Waals surface area contributed by atoms with E-state index >= 15 is 0 Å². The van der Waals surface area contributed by atoms with Gasteiger partial charge in [-0.2, -0.15) is 0 Å². The van der Waals surface area contributed by atoms with Crippen LogP contribution in [0.25, 0.3) is 0 Å². The molecule has 102 valence electrons. The van der Waals surface area contributed by atoms with Crippen molar-refractivity contribution in [2.75, 3.05) is 32.4 Å². The van der Waals surface area contributed by atoms with Gasteiger partial charge in [0.2, 0.25) is 0 Å². The highest BCUT2D eigenvalue weighted by Crippen LogP contribution is 2.27. The number of fused-ring (bicyclic) bond motifs is 1. The summed E-state index contributed by atoms with van der Waals surface area (Å²) in [6.07, 6.45) is 3.20. The fourth-order valence-electron chi connectivity index (χ4n) is 3.14. The minimum absolute atomic E-state index is 0.193. The van der Waals surface area contributed by atoms with Gasteiger partial charge in [-0.25, -0.2) is 0 Å². The first kappa shape index (κ1) is 13.0. The molecule has 2 unspecified atom stereocenters. The van der Waals surface area contributed by atoms with Crippen molar-refractivity contribution < 1.29 is 4.79 Å². The van der Waals surface area contributed by atoms with E-state index in [1.165, 1.54) is 4.90 Å². The van der Waals surface area contributed by atoms with Gasteiger partial charge in [0.25, 0.3) is 5.91 Å². The highest BCUT2D eigenvalue weighted by atomic mass is 32.2. The summed E-state index contributed by atoms with van der Waals surface area (Å²) in [5.41, 5.74) is 0.821. The highest BCUT2D eigenvalue weighted by molar-refractivity contribution is 7.98. The molecule has 2 heterocycles. The molecular formula is C15H20N2OS. The summed E-state index contributed by atoms with van der Waals surface area (Å²) in [6, 6.07) is 7.96. The van der Waals surface area contributed by atoms with E-state index in [1.54, 1.807) is 11.8 Å². The molecule has 3 rings (SSSR count). The first-order valence-corrected chi connectivity index (χ1v) is 8.14. The number of carbonyl (C=O) groups excluding carboxylic acids is 1. The molecule has 2 aliphatic rings. The van der Waals surface area contributed by atoms with E-state index in [4.69, 9.17) is 0 Å². The molecular weight excluding hydrogens is 256 g/mol. The Morgan fingerprint density at radius 2 is 2.00 bits per heavy atom. The van der Waals surface area contributed by atoms with Gasteiger partial charge in [-0.15, -0.1) is 11.8 Å². The monoisotopic (exact) mass is 276 g/mol. The van der Waals surface area contributed by atoms with Gasteiger partial charge < -0.3 is 10.2 Å².